The highest BCUT2D eigenvalue weighted by atomic mass is 19.3. The second-order valence-corrected chi connectivity index (χ2v) is 14.2. The van der Waals surface area contributed by atoms with Gasteiger partial charge in [-0.25, -0.2) is 22.0 Å². The highest BCUT2D eigenvalue weighted by Crippen LogP contribution is 2.69. The number of aromatic hydroxyl groups is 1. The molecule has 4 aromatic rings. The molecule has 1 saturated carbocycles. The topological polar surface area (TPSA) is 86.6 Å². The Balaban J connectivity index is 1.16. The lowest BCUT2D eigenvalue weighted by molar-refractivity contribution is 0.0634. The number of piperazine rings is 1. The lowest BCUT2D eigenvalue weighted by Gasteiger charge is -2.34. The third kappa shape index (κ3) is 4.38. The number of hydrogen-bond donors (Lipinski definition) is 2. The van der Waals surface area contributed by atoms with Crippen molar-refractivity contribution in [1.29, 1.82) is 0 Å². The third-order valence-electron chi connectivity index (χ3n) is 11.1. The molecule has 13 heteroatoms. The zero-order valence-electron chi connectivity index (χ0n) is 25.7. The Bertz CT molecular complexity index is 2060. The van der Waals surface area contributed by atoms with Crippen LogP contribution in [-0.2, 0) is 0 Å². The maximum Gasteiger partial charge on any atom is 0.319 e. The highest BCUT2D eigenvalue weighted by molar-refractivity contribution is 6.03. The molecule has 2 N–H and O–H groups in total. The van der Waals surface area contributed by atoms with E-state index in [9.17, 15) is 22.7 Å². The Morgan fingerprint density at radius 1 is 1.08 bits per heavy atom. The number of nitrogens with one attached hydrogen (secondary N) is 1. The van der Waals surface area contributed by atoms with Crippen molar-refractivity contribution in [3.63, 3.8) is 0 Å². The number of ether oxygens (including phenoxy) is 1. The van der Waals surface area contributed by atoms with Crippen LogP contribution in [0.15, 0.2) is 30.5 Å². The van der Waals surface area contributed by atoms with Gasteiger partial charge in [0.25, 0.3) is 5.92 Å². The summed E-state index contributed by atoms with van der Waals surface area (Å²) in [6.07, 6.45) is 7.81. The summed E-state index contributed by atoms with van der Waals surface area (Å²) in [6.45, 7) is 1.22. The second-order valence-electron chi connectivity index (χ2n) is 14.2. The summed E-state index contributed by atoms with van der Waals surface area (Å²) in [7, 11) is 0. The number of pyridine rings is 1. The van der Waals surface area contributed by atoms with Crippen LogP contribution >= 0.6 is 0 Å². The summed E-state index contributed by atoms with van der Waals surface area (Å²) in [5, 5.41) is 15.0. The number of fused-ring (bicyclic) bond motifs is 5. The molecule has 8 nitrogen and oxygen atoms in total. The van der Waals surface area contributed by atoms with Gasteiger partial charge in [-0.15, -0.1) is 6.42 Å². The molecule has 248 valence electrons. The van der Waals surface area contributed by atoms with E-state index in [1.807, 2.05) is 4.90 Å². The second kappa shape index (κ2) is 10.1. The van der Waals surface area contributed by atoms with Gasteiger partial charge in [0, 0.05) is 68.3 Å². The lowest BCUT2D eigenvalue weighted by Crippen LogP contribution is -2.51. The van der Waals surface area contributed by atoms with Gasteiger partial charge >= 0.3 is 6.01 Å². The number of benzene rings is 2. The molecular formula is C35H31F5N6O2. The first-order chi connectivity index (χ1) is 23.0. The SMILES string of the molecule is C#Cc1c(F)ccc2cc(O)cc(-c3ncc4c(N5CC6CCC(C5)N6)nc(OC[C@@]56C[C@@H](F)CN5C[C@@]5(CC5(F)F)C6)nc4c3F)c12. The Hall–Kier alpha value is -4.28. The van der Waals surface area contributed by atoms with Gasteiger partial charge in [-0.05, 0) is 42.8 Å². The first-order valence-electron chi connectivity index (χ1n) is 16.2. The number of halogens is 5. The minimum atomic E-state index is -2.80. The zero-order valence-corrected chi connectivity index (χ0v) is 25.7. The quantitative estimate of drug-likeness (QED) is 0.219. The molecule has 5 aliphatic rings. The summed E-state index contributed by atoms with van der Waals surface area (Å²) in [5.41, 5.74) is -2.49. The molecule has 1 spiro atoms. The molecule has 2 bridgehead atoms. The number of phenolic OH excluding ortho intramolecular Hbond substituents is 1. The fraction of sp³-hybridized carbons (Fsp3) is 0.457. The molecule has 2 aromatic carbocycles. The smallest absolute Gasteiger partial charge is 0.319 e. The number of anilines is 1. The average molecular weight is 663 g/mol. The van der Waals surface area contributed by atoms with Gasteiger partial charge in [0.1, 0.15) is 41.4 Å². The van der Waals surface area contributed by atoms with Gasteiger partial charge in [-0.3, -0.25) is 9.88 Å². The van der Waals surface area contributed by atoms with E-state index in [0.717, 1.165) is 12.8 Å². The average Bonchev–Trinajstić information content (AvgIpc) is 3.30. The highest BCUT2D eigenvalue weighted by Gasteiger charge is 2.77. The Kier molecular flexibility index (Phi) is 6.29. The minimum Gasteiger partial charge on any atom is -0.508 e. The number of alkyl halides is 3. The van der Waals surface area contributed by atoms with Crippen molar-refractivity contribution in [1.82, 2.24) is 25.2 Å². The van der Waals surface area contributed by atoms with Crippen LogP contribution in [0.2, 0.25) is 0 Å². The van der Waals surface area contributed by atoms with Crippen LogP contribution in [-0.4, -0.2) is 87.5 Å². The molecule has 0 amide bonds. The molecule has 5 fully saturated rings. The predicted molar refractivity (Wildman–Crippen MR) is 168 cm³/mol. The maximum absolute atomic E-state index is 16.8. The first kappa shape index (κ1) is 29.8. The molecular weight excluding hydrogens is 631 g/mol. The fourth-order valence-electron chi connectivity index (χ4n) is 8.89. The standard InChI is InChI=1S/C35H31F5N6O2/c1-2-23-26(37)6-3-18-7-22(47)8-24(27(18)23)29-28(38)30-25(10-41-29)31(45-12-20-4-5-21(13-45)42-20)44-32(43-30)48-17-34-9-19(36)11-46(34)16-33(14-34)15-35(33,39)40/h1,3,6-8,10,19-21,42,47H,4-5,9,11-17H2/t19-,20?,21?,33+,34+/m1/s1. The third-order valence-corrected chi connectivity index (χ3v) is 11.1. The Labute approximate surface area is 272 Å². The van der Waals surface area contributed by atoms with Gasteiger partial charge < -0.3 is 20.1 Å². The number of hydrogen-bond acceptors (Lipinski definition) is 8. The van der Waals surface area contributed by atoms with E-state index in [4.69, 9.17) is 16.1 Å². The van der Waals surface area contributed by atoms with Gasteiger partial charge in [0.2, 0.25) is 0 Å². The number of aromatic nitrogens is 3. The normalized spacial score (nSPS) is 30.3. The number of terminal acetylenes is 1. The van der Waals surface area contributed by atoms with Crippen molar-refractivity contribution in [2.45, 2.75) is 61.8 Å². The predicted octanol–water partition coefficient (Wildman–Crippen LogP) is 5.34. The van der Waals surface area contributed by atoms with Crippen molar-refractivity contribution in [2.24, 2.45) is 5.41 Å². The molecule has 6 heterocycles. The summed E-state index contributed by atoms with van der Waals surface area (Å²) in [6, 6.07) is 5.56. The van der Waals surface area contributed by atoms with Crippen molar-refractivity contribution in [3.05, 3.63) is 47.7 Å². The van der Waals surface area contributed by atoms with Crippen molar-refractivity contribution in [3.8, 4) is 35.4 Å². The van der Waals surface area contributed by atoms with Crippen molar-refractivity contribution < 1.29 is 31.8 Å². The molecule has 4 aliphatic heterocycles. The van der Waals surface area contributed by atoms with Crippen LogP contribution in [0.3, 0.4) is 0 Å². The van der Waals surface area contributed by atoms with Crippen molar-refractivity contribution in [2.75, 3.05) is 37.7 Å². The van der Waals surface area contributed by atoms with Gasteiger partial charge in [-0.2, -0.15) is 9.97 Å². The number of nitrogens with zero attached hydrogens (tertiary/aromatic N) is 5. The molecule has 0 radical (unpaired) electrons. The summed E-state index contributed by atoms with van der Waals surface area (Å²) < 4.78 is 81.5. The summed E-state index contributed by atoms with van der Waals surface area (Å²) >= 11 is 0. The zero-order chi connectivity index (χ0) is 33.2. The molecule has 2 unspecified atom stereocenters. The van der Waals surface area contributed by atoms with E-state index in [-0.39, 0.29) is 90.5 Å². The largest absolute Gasteiger partial charge is 0.508 e. The molecule has 48 heavy (non-hydrogen) atoms. The van der Waals surface area contributed by atoms with Gasteiger partial charge in [-0.1, -0.05) is 12.0 Å². The van der Waals surface area contributed by atoms with Crippen molar-refractivity contribution >= 4 is 27.5 Å². The number of rotatable bonds is 5. The van der Waals surface area contributed by atoms with E-state index >= 15 is 4.39 Å². The summed E-state index contributed by atoms with van der Waals surface area (Å²) in [5.74, 6) is -1.79. The molecule has 9 rings (SSSR count). The fourth-order valence-corrected chi connectivity index (χ4v) is 8.89. The van der Waals surface area contributed by atoms with E-state index in [1.54, 1.807) is 4.90 Å². The monoisotopic (exact) mass is 662 g/mol. The van der Waals surface area contributed by atoms with Gasteiger partial charge in [0.15, 0.2) is 5.82 Å². The van der Waals surface area contributed by atoms with Crippen LogP contribution in [0.25, 0.3) is 32.9 Å². The Morgan fingerprint density at radius 3 is 2.58 bits per heavy atom. The van der Waals surface area contributed by atoms with Crippen LogP contribution < -0.4 is 15.0 Å². The Morgan fingerprint density at radius 2 is 1.85 bits per heavy atom. The lowest BCUT2D eigenvalue weighted by atomic mass is 9.88. The van der Waals surface area contributed by atoms with E-state index in [0.29, 0.717) is 29.7 Å². The van der Waals surface area contributed by atoms with Gasteiger partial charge in [0.05, 0.1) is 21.9 Å². The van der Waals surface area contributed by atoms with E-state index in [1.165, 1.54) is 30.5 Å². The van der Waals surface area contributed by atoms with Crippen LogP contribution in [0.4, 0.5) is 27.8 Å². The van der Waals surface area contributed by atoms with Crippen LogP contribution in [0.5, 0.6) is 11.8 Å². The van der Waals surface area contributed by atoms with Crippen LogP contribution in [0.1, 0.15) is 37.7 Å². The minimum absolute atomic E-state index is 0.0491. The first-order valence-corrected chi connectivity index (χ1v) is 16.2. The molecule has 4 saturated heterocycles. The molecule has 2 aromatic heterocycles. The van der Waals surface area contributed by atoms with E-state index in [2.05, 4.69) is 21.2 Å². The molecule has 5 atom stereocenters. The van der Waals surface area contributed by atoms with Crippen LogP contribution in [0, 0.1) is 29.4 Å². The molecule has 1 aliphatic carbocycles. The number of phenols is 1. The summed E-state index contributed by atoms with van der Waals surface area (Å²) in [4.78, 5) is 17.5. The maximum atomic E-state index is 16.8. The van der Waals surface area contributed by atoms with E-state index < -0.39 is 34.7 Å².